The summed E-state index contributed by atoms with van der Waals surface area (Å²) in [5, 5.41) is 9.50. The Morgan fingerprint density at radius 1 is 1.39 bits per heavy atom. The third kappa shape index (κ3) is 1.85. The molecule has 0 spiro atoms. The predicted octanol–water partition coefficient (Wildman–Crippen LogP) is 1.71. The van der Waals surface area contributed by atoms with Crippen molar-refractivity contribution in [3.05, 3.63) is 29.8 Å². The zero-order valence-electron chi connectivity index (χ0n) is 9.94. The standard InChI is InChI=1S/C12H12FN3O2/c1-12(2,11(17)18)10-15-8-4-3-6(13)5-7(8)9(14)16-10/h3-5H,1-2H3,(H,17,18)(H2,14,15,16). The van der Waals surface area contributed by atoms with Gasteiger partial charge in [0.05, 0.1) is 5.52 Å². The van der Waals surface area contributed by atoms with E-state index in [1.165, 1.54) is 32.0 Å². The molecule has 0 saturated carbocycles. The Kier molecular flexibility index (Phi) is 2.65. The fourth-order valence-corrected chi connectivity index (χ4v) is 1.50. The molecule has 3 N–H and O–H groups in total. The van der Waals surface area contributed by atoms with Crippen LogP contribution in [0.1, 0.15) is 19.7 Å². The van der Waals surface area contributed by atoms with E-state index in [-0.39, 0.29) is 11.6 Å². The zero-order chi connectivity index (χ0) is 13.5. The Morgan fingerprint density at radius 3 is 2.67 bits per heavy atom. The molecule has 0 bridgehead atoms. The van der Waals surface area contributed by atoms with Gasteiger partial charge < -0.3 is 10.8 Å². The van der Waals surface area contributed by atoms with Gasteiger partial charge in [0.2, 0.25) is 0 Å². The Morgan fingerprint density at radius 2 is 2.06 bits per heavy atom. The number of aromatic nitrogens is 2. The lowest BCUT2D eigenvalue weighted by Gasteiger charge is -2.18. The minimum Gasteiger partial charge on any atom is -0.481 e. The molecule has 0 aliphatic carbocycles. The Hall–Kier alpha value is -2.24. The smallest absolute Gasteiger partial charge is 0.316 e. The first-order valence-corrected chi connectivity index (χ1v) is 5.29. The minimum atomic E-state index is -1.25. The quantitative estimate of drug-likeness (QED) is 0.845. The number of hydrogen-bond acceptors (Lipinski definition) is 4. The van der Waals surface area contributed by atoms with Crippen molar-refractivity contribution in [2.24, 2.45) is 0 Å². The molecule has 0 fully saturated rings. The molecule has 0 unspecified atom stereocenters. The van der Waals surface area contributed by atoms with Crippen LogP contribution < -0.4 is 5.73 Å². The van der Waals surface area contributed by atoms with Crippen LogP contribution in [0.4, 0.5) is 10.2 Å². The molecular weight excluding hydrogens is 237 g/mol. The molecule has 2 rings (SSSR count). The summed E-state index contributed by atoms with van der Waals surface area (Å²) in [6.45, 7) is 2.97. The topological polar surface area (TPSA) is 89.1 Å². The van der Waals surface area contributed by atoms with Gasteiger partial charge in [-0.1, -0.05) is 0 Å². The van der Waals surface area contributed by atoms with Crippen molar-refractivity contribution in [1.82, 2.24) is 9.97 Å². The Bertz CT molecular complexity index is 641. The van der Waals surface area contributed by atoms with E-state index in [1.54, 1.807) is 0 Å². The fraction of sp³-hybridized carbons (Fsp3) is 0.250. The summed E-state index contributed by atoms with van der Waals surface area (Å²) in [4.78, 5) is 19.2. The van der Waals surface area contributed by atoms with Crippen LogP contribution in [-0.4, -0.2) is 21.0 Å². The number of halogens is 1. The summed E-state index contributed by atoms with van der Waals surface area (Å²) in [5.41, 5.74) is 4.88. The monoisotopic (exact) mass is 249 g/mol. The van der Waals surface area contributed by atoms with Crippen LogP contribution in [0.5, 0.6) is 0 Å². The summed E-state index contributed by atoms with van der Waals surface area (Å²) in [7, 11) is 0. The zero-order valence-corrected chi connectivity index (χ0v) is 9.94. The number of carbonyl (C=O) groups is 1. The van der Waals surface area contributed by atoms with E-state index in [0.29, 0.717) is 10.9 Å². The Labute approximate surface area is 102 Å². The molecule has 1 aromatic heterocycles. The molecule has 2 aromatic rings. The third-order valence-electron chi connectivity index (χ3n) is 2.78. The van der Waals surface area contributed by atoms with Crippen molar-refractivity contribution < 1.29 is 14.3 Å². The lowest BCUT2D eigenvalue weighted by atomic mass is 9.92. The van der Waals surface area contributed by atoms with Gasteiger partial charge in [0.1, 0.15) is 22.9 Å². The number of hydrogen-bond donors (Lipinski definition) is 2. The van der Waals surface area contributed by atoms with Crippen LogP contribution in [0.3, 0.4) is 0 Å². The maximum atomic E-state index is 13.1. The number of aliphatic carboxylic acids is 1. The van der Waals surface area contributed by atoms with E-state index in [2.05, 4.69) is 9.97 Å². The van der Waals surface area contributed by atoms with Crippen molar-refractivity contribution in [2.45, 2.75) is 19.3 Å². The second-order valence-electron chi connectivity index (χ2n) is 4.52. The third-order valence-corrected chi connectivity index (χ3v) is 2.78. The first-order valence-electron chi connectivity index (χ1n) is 5.29. The molecule has 0 amide bonds. The number of carboxylic acid groups (broad SMARTS) is 1. The highest BCUT2D eigenvalue weighted by Gasteiger charge is 2.33. The van der Waals surface area contributed by atoms with Crippen LogP contribution in [0, 0.1) is 5.82 Å². The van der Waals surface area contributed by atoms with Crippen molar-refractivity contribution in [3.8, 4) is 0 Å². The van der Waals surface area contributed by atoms with Crippen molar-refractivity contribution in [1.29, 1.82) is 0 Å². The van der Waals surface area contributed by atoms with Gasteiger partial charge in [-0.3, -0.25) is 4.79 Å². The van der Waals surface area contributed by atoms with Gasteiger partial charge in [0.25, 0.3) is 0 Å². The number of nitrogen functional groups attached to an aromatic ring is 1. The lowest BCUT2D eigenvalue weighted by Crippen LogP contribution is -2.31. The maximum absolute atomic E-state index is 13.1. The van der Waals surface area contributed by atoms with Crippen LogP contribution in [0.15, 0.2) is 18.2 Å². The lowest BCUT2D eigenvalue weighted by molar-refractivity contribution is -0.142. The number of rotatable bonds is 2. The largest absolute Gasteiger partial charge is 0.481 e. The van der Waals surface area contributed by atoms with Crippen LogP contribution in [0.2, 0.25) is 0 Å². The first-order chi connectivity index (χ1) is 8.32. The second kappa shape index (κ2) is 3.90. The van der Waals surface area contributed by atoms with Gasteiger partial charge in [0.15, 0.2) is 0 Å². The molecule has 18 heavy (non-hydrogen) atoms. The molecule has 0 aliphatic heterocycles. The van der Waals surface area contributed by atoms with Gasteiger partial charge >= 0.3 is 5.97 Å². The first kappa shape index (κ1) is 12.2. The van der Waals surface area contributed by atoms with E-state index in [0.717, 1.165) is 0 Å². The number of fused-ring (bicyclic) bond motifs is 1. The van der Waals surface area contributed by atoms with Crippen LogP contribution in [-0.2, 0) is 10.2 Å². The van der Waals surface area contributed by atoms with Crippen molar-refractivity contribution in [3.63, 3.8) is 0 Å². The average Bonchev–Trinajstić information content (AvgIpc) is 2.29. The van der Waals surface area contributed by atoms with E-state index < -0.39 is 17.2 Å². The predicted molar refractivity (Wildman–Crippen MR) is 64.6 cm³/mol. The maximum Gasteiger partial charge on any atom is 0.316 e. The van der Waals surface area contributed by atoms with Gasteiger partial charge in [-0.25, -0.2) is 14.4 Å². The van der Waals surface area contributed by atoms with Crippen LogP contribution >= 0.6 is 0 Å². The fourth-order valence-electron chi connectivity index (χ4n) is 1.50. The summed E-state index contributed by atoms with van der Waals surface area (Å²) < 4.78 is 13.1. The highest BCUT2D eigenvalue weighted by Crippen LogP contribution is 2.25. The number of benzene rings is 1. The van der Waals surface area contributed by atoms with E-state index in [9.17, 15) is 9.18 Å². The van der Waals surface area contributed by atoms with Crippen molar-refractivity contribution >= 4 is 22.7 Å². The van der Waals surface area contributed by atoms with Crippen LogP contribution in [0.25, 0.3) is 10.9 Å². The molecule has 0 radical (unpaired) electrons. The summed E-state index contributed by atoms with van der Waals surface area (Å²) in [6, 6.07) is 3.92. The van der Waals surface area contributed by atoms with E-state index in [1.807, 2.05) is 0 Å². The molecule has 1 heterocycles. The Balaban J connectivity index is 2.70. The molecule has 6 heteroatoms. The molecule has 5 nitrogen and oxygen atoms in total. The van der Waals surface area contributed by atoms with Gasteiger partial charge in [-0.05, 0) is 32.0 Å². The molecule has 1 aromatic carbocycles. The number of nitrogens with zero attached hydrogens (tertiary/aromatic N) is 2. The summed E-state index contributed by atoms with van der Waals surface area (Å²) >= 11 is 0. The summed E-state index contributed by atoms with van der Waals surface area (Å²) in [6.07, 6.45) is 0. The summed E-state index contributed by atoms with van der Waals surface area (Å²) in [5.74, 6) is -1.32. The van der Waals surface area contributed by atoms with Gasteiger partial charge in [-0.15, -0.1) is 0 Å². The normalized spacial score (nSPS) is 11.7. The molecular formula is C12H12FN3O2. The van der Waals surface area contributed by atoms with Gasteiger partial charge in [-0.2, -0.15) is 0 Å². The SMILES string of the molecule is CC(C)(C(=O)O)c1nc(N)c2cc(F)ccc2n1. The molecule has 0 aliphatic rings. The highest BCUT2D eigenvalue weighted by molar-refractivity contribution is 5.89. The molecule has 94 valence electrons. The van der Waals surface area contributed by atoms with E-state index >= 15 is 0 Å². The molecule has 0 atom stereocenters. The molecule has 0 saturated heterocycles. The van der Waals surface area contributed by atoms with Crippen molar-refractivity contribution in [2.75, 3.05) is 5.73 Å². The second-order valence-corrected chi connectivity index (χ2v) is 4.52. The van der Waals surface area contributed by atoms with E-state index in [4.69, 9.17) is 10.8 Å². The number of carboxylic acids is 1. The minimum absolute atomic E-state index is 0.0730. The highest BCUT2D eigenvalue weighted by atomic mass is 19.1. The number of nitrogens with two attached hydrogens (primary N) is 1. The number of anilines is 1. The van der Waals surface area contributed by atoms with Gasteiger partial charge in [0, 0.05) is 5.39 Å². The average molecular weight is 249 g/mol.